The Morgan fingerprint density at radius 2 is 2.40 bits per heavy atom. The van der Waals surface area contributed by atoms with Crippen molar-refractivity contribution in [2.24, 2.45) is 0 Å². The molecule has 0 aromatic carbocycles. The molecule has 5 nitrogen and oxygen atoms in total. The fourth-order valence-corrected chi connectivity index (χ4v) is 1.52. The molecular formula is C10H18N2O3. The second kappa shape index (κ2) is 6.40. The van der Waals surface area contributed by atoms with Gasteiger partial charge in [0, 0.05) is 26.7 Å². The largest absolute Gasteiger partial charge is 0.385 e. The van der Waals surface area contributed by atoms with E-state index in [2.05, 4.69) is 10.6 Å². The molecule has 0 aliphatic carbocycles. The van der Waals surface area contributed by atoms with Crippen LogP contribution in [0.1, 0.15) is 25.7 Å². The topological polar surface area (TPSA) is 67.4 Å². The maximum atomic E-state index is 11.5. The molecule has 0 bridgehead atoms. The molecule has 1 unspecified atom stereocenters. The van der Waals surface area contributed by atoms with E-state index in [4.69, 9.17) is 4.74 Å². The van der Waals surface area contributed by atoms with E-state index in [0.29, 0.717) is 19.4 Å². The zero-order valence-corrected chi connectivity index (χ0v) is 9.04. The summed E-state index contributed by atoms with van der Waals surface area (Å²) in [5, 5.41) is 5.42. The van der Waals surface area contributed by atoms with Crippen LogP contribution >= 0.6 is 0 Å². The number of methoxy groups -OCH3 is 1. The van der Waals surface area contributed by atoms with Gasteiger partial charge < -0.3 is 15.4 Å². The molecule has 1 atom stereocenters. The van der Waals surface area contributed by atoms with Crippen LogP contribution in [-0.2, 0) is 14.3 Å². The van der Waals surface area contributed by atoms with Gasteiger partial charge in [-0.3, -0.25) is 9.59 Å². The molecule has 0 aromatic heterocycles. The molecule has 1 heterocycles. The molecule has 1 saturated heterocycles. The summed E-state index contributed by atoms with van der Waals surface area (Å²) >= 11 is 0. The van der Waals surface area contributed by atoms with Gasteiger partial charge in [0.25, 0.3) is 0 Å². The van der Waals surface area contributed by atoms with Gasteiger partial charge >= 0.3 is 0 Å². The summed E-state index contributed by atoms with van der Waals surface area (Å²) in [5.41, 5.74) is 0. The lowest BCUT2D eigenvalue weighted by molar-refractivity contribution is -0.125. The maximum absolute atomic E-state index is 11.5. The minimum Gasteiger partial charge on any atom is -0.385 e. The molecule has 0 spiro atoms. The Balaban J connectivity index is 2.06. The Morgan fingerprint density at radius 3 is 3.00 bits per heavy atom. The molecule has 0 aromatic rings. The van der Waals surface area contributed by atoms with Crippen molar-refractivity contribution in [3.63, 3.8) is 0 Å². The summed E-state index contributed by atoms with van der Waals surface area (Å²) in [6, 6.07) is -0.320. The predicted molar refractivity (Wildman–Crippen MR) is 55.3 cm³/mol. The summed E-state index contributed by atoms with van der Waals surface area (Å²) in [4.78, 5) is 22.3. The fraction of sp³-hybridized carbons (Fsp3) is 0.800. The van der Waals surface area contributed by atoms with Gasteiger partial charge in [-0.15, -0.1) is 0 Å². The van der Waals surface area contributed by atoms with Crippen molar-refractivity contribution in [1.82, 2.24) is 10.6 Å². The van der Waals surface area contributed by atoms with E-state index in [9.17, 15) is 9.59 Å². The number of carbonyl (C=O) groups excluding carboxylic acids is 2. The molecule has 1 rings (SSSR count). The van der Waals surface area contributed by atoms with Gasteiger partial charge in [-0.1, -0.05) is 0 Å². The molecular weight excluding hydrogens is 196 g/mol. The van der Waals surface area contributed by atoms with Gasteiger partial charge in [-0.2, -0.15) is 0 Å². The summed E-state index contributed by atoms with van der Waals surface area (Å²) in [5.74, 6) is -0.104. The van der Waals surface area contributed by atoms with Crippen molar-refractivity contribution < 1.29 is 14.3 Å². The quantitative estimate of drug-likeness (QED) is 0.602. The van der Waals surface area contributed by atoms with E-state index in [1.54, 1.807) is 7.11 Å². The van der Waals surface area contributed by atoms with Gasteiger partial charge in [0.05, 0.1) is 0 Å². The van der Waals surface area contributed by atoms with Crippen LogP contribution in [0.2, 0.25) is 0 Å². The second-order valence-electron chi connectivity index (χ2n) is 3.65. The first-order valence-electron chi connectivity index (χ1n) is 5.30. The first-order valence-corrected chi connectivity index (χ1v) is 5.30. The molecule has 0 radical (unpaired) electrons. The lowest BCUT2D eigenvalue weighted by atomic mass is 10.2. The lowest BCUT2D eigenvalue weighted by Gasteiger charge is -2.10. The van der Waals surface area contributed by atoms with Crippen LogP contribution in [0.25, 0.3) is 0 Å². The highest BCUT2D eigenvalue weighted by molar-refractivity contribution is 5.90. The van der Waals surface area contributed by atoms with E-state index in [1.165, 1.54) is 0 Å². The number of unbranched alkanes of at least 4 members (excludes halogenated alkanes) is 1. The maximum Gasteiger partial charge on any atom is 0.242 e. The average molecular weight is 214 g/mol. The number of ether oxygens (including phenoxy) is 1. The van der Waals surface area contributed by atoms with Crippen molar-refractivity contribution in [1.29, 1.82) is 0 Å². The highest BCUT2D eigenvalue weighted by Crippen LogP contribution is 2.06. The van der Waals surface area contributed by atoms with Crippen LogP contribution in [0.3, 0.4) is 0 Å². The van der Waals surface area contributed by atoms with Gasteiger partial charge in [-0.25, -0.2) is 0 Å². The van der Waals surface area contributed by atoms with Gasteiger partial charge in [0.15, 0.2) is 0 Å². The van der Waals surface area contributed by atoms with Crippen LogP contribution < -0.4 is 10.6 Å². The van der Waals surface area contributed by atoms with Crippen molar-refractivity contribution >= 4 is 11.8 Å². The standard InChI is InChI=1S/C10H18N2O3/c1-15-7-3-2-6-11-10(14)8-4-5-9(13)12-8/h8H,2-7H2,1H3,(H,11,14)(H,12,13). The number of hydrogen-bond acceptors (Lipinski definition) is 3. The zero-order chi connectivity index (χ0) is 11.1. The monoisotopic (exact) mass is 214 g/mol. The van der Waals surface area contributed by atoms with Gasteiger partial charge in [0.2, 0.25) is 11.8 Å². The van der Waals surface area contributed by atoms with Crippen molar-refractivity contribution in [2.45, 2.75) is 31.7 Å². The van der Waals surface area contributed by atoms with Crippen molar-refractivity contribution in [3.8, 4) is 0 Å². The number of rotatable bonds is 6. The molecule has 1 aliphatic rings. The highest BCUT2D eigenvalue weighted by Gasteiger charge is 2.26. The number of hydrogen-bond donors (Lipinski definition) is 2. The van der Waals surface area contributed by atoms with E-state index < -0.39 is 0 Å². The number of nitrogens with one attached hydrogen (secondary N) is 2. The normalized spacial score (nSPS) is 20.1. The SMILES string of the molecule is COCCCCNC(=O)C1CCC(=O)N1. The Bertz CT molecular complexity index is 231. The van der Waals surface area contributed by atoms with E-state index in [0.717, 1.165) is 19.4 Å². The molecule has 1 aliphatic heterocycles. The third kappa shape index (κ3) is 4.29. The third-order valence-electron chi connectivity index (χ3n) is 2.39. The summed E-state index contributed by atoms with van der Waals surface area (Å²) in [6.07, 6.45) is 2.92. The minimum atomic E-state index is -0.320. The van der Waals surface area contributed by atoms with Crippen LogP contribution in [0.5, 0.6) is 0 Å². The van der Waals surface area contributed by atoms with E-state index >= 15 is 0 Å². The van der Waals surface area contributed by atoms with Gasteiger partial charge in [0.1, 0.15) is 6.04 Å². The predicted octanol–water partition coefficient (Wildman–Crippen LogP) is -0.192. The molecule has 2 N–H and O–H groups in total. The van der Waals surface area contributed by atoms with Crippen molar-refractivity contribution in [3.05, 3.63) is 0 Å². The minimum absolute atomic E-state index is 0.0328. The zero-order valence-electron chi connectivity index (χ0n) is 9.04. The van der Waals surface area contributed by atoms with E-state index in [1.807, 2.05) is 0 Å². The molecule has 5 heteroatoms. The second-order valence-corrected chi connectivity index (χ2v) is 3.65. The van der Waals surface area contributed by atoms with Crippen LogP contribution in [-0.4, -0.2) is 38.1 Å². The molecule has 2 amide bonds. The van der Waals surface area contributed by atoms with Crippen LogP contribution in [0, 0.1) is 0 Å². The first-order chi connectivity index (χ1) is 7.24. The molecule has 0 saturated carbocycles. The number of carbonyl (C=O) groups is 2. The van der Waals surface area contributed by atoms with E-state index in [-0.39, 0.29) is 17.9 Å². The molecule has 86 valence electrons. The van der Waals surface area contributed by atoms with Crippen LogP contribution in [0.4, 0.5) is 0 Å². The highest BCUT2D eigenvalue weighted by atomic mass is 16.5. The first kappa shape index (κ1) is 12.0. The number of amides is 2. The Labute approximate surface area is 89.6 Å². The van der Waals surface area contributed by atoms with Crippen LogP contribution in [0.15, 0.2) is 0 Å². The summed E-state index contributed by atoms with van der Waals surface area (Å²) in [6.45, 7) is 1.37. The third-order valence-corrected chi connectivity index (χ3v) is 2.39. The smallest absolute Gasteiger partial charge is 0.242 e. The van der Waals surface area contributed by atoms with Gasteiger partial charge in [-0.05, 0) is 19.3 Å². The molecule has 15 heavy (non-hydrogen) atoms. The molecule has 1 fully saturated rings. The Kier molecular flexibility index (Phi) is 5.10. The summed E-state index contributed by atoms with van der Waals surface area (Å²) < 4.78 is 4.89. The average Bonchev–Trinajstić information content (AvgIpc) is 2.64. The summed E-state index contributed by atoms with van der Waals surface area (Å²) in [7, 11) is 1.66. The Morgan fingerprint density at radius 1 is 1.60 bits per heavy atom. The fourth-order valence-electron chi connectivity index (χ4n) is 1.52. The lowest BCUT2D eigenvalue weighted by Crippen LogP contribution is -2.41. The van der Waals surface area contributed by atoms with Crippen molar-refractivity contribution in [2.75, 3.05) is 20.3 Å². The Hall–Kier alpha value is -1.10.